The predicted octanol–water partition coefficient (Wildman–Crippen LogP) is 3.83. The zero-order valence-corrected chi connectivity index (χ0v) is 14.0. The van der Waals surface area contributed by atoms with Crippen molar-refractivity contribution in [2.45, 2.75) is 26.3 Å². The Morgan fingerprint density at radius 2 is 1.71 bits per heavy atom. The van der Waals surface area contributed by atoms with Gasteiger partial charge in [-0.1, -0.05) is 38.1 Å². The first kappa shape index (κ1) is 17.8. The summed E-state index contributed by atoms with van der Waals surface area (Å²) in [4.78, 5) is 11.7. The molecule has 0 saturated heterocycles. The molecule has 0 heterocycles. The number of benzene rings is 2. The molecule has 2 aromatic rings. The maximum atomic E-state index is 12.8. The normalized spacial score (nSPS) is 10.5. The van der Waals surface area contributed by atoms with Crippen LogP contribution in [0.3, 0.4) is 0 Å². The molecule has 0 spiro atoms. The molecule has 0 aliphatic carbocycles. The number of carbonyl (C=O) groups excluding carboxylic acids is 1. The van der Waals surface area contributed by atoms with Gasteiger partial charge in [-0.2, -0.15) is 0 Å². The highest BCUT2D eigenvalue weighted by Gasteiger charge is 2.02. The fraction of sp³-hybridized carbons (Fsp3) is 0.316. The average Bonchev–Trinajstić information content (AvgIpc) is 2.58. The van der Waals surface area contributed by atoms with Crippen LogP contribution in [-0.2, 0) is 6.54 Å². The van der Waals surface area contributed by atoms with Crippen LogP contribution in [-0.4, -0.2) is 19.2 Å². The molecule has 24 heavy (non-hydrogen) atoms. The summed E-state index contributed by atoms with van der Waals surface area (Å²) in [6, 6.07) is 13.7. The monoisotopic (exact) mass is 330 g/mol. The predicted molar refractivity (Wildman–Crippen MR) is 92.7 cm³/mol. The molecular weight excluding hydrogens is 307 g/mol. The molecule has 0 aromatic heterocycles. The Hall–Kier alpha value is -2.56. The fourth-order valence-corrected chi connectivity index (χ4v) is 2.13. The summed E-state index contributed by atoms with van der Waals surface area (Å²) in [6.07, 6.45) is 0. The number of hydrogen-bond acceptors (Lipinski definition) is 2. The van der Waals surface area contributed by atoms with Crippen molar-refractivity contribution >= 4 is 6.03 Å². The summed E-state index contributed by atoms with van der Waals surface area (Å²) in [7, 11) is 0. The molecule has 0 radical (unpaired) electrons. The molecule has 2 N–H and O–H groups in total. The standard InChI is InChI=1S/C19H23FN2O2/c1-14(2)16-5-9-18(10-6-16)24-12-11-21-19(23)22-13-15-3-7-17(20)8-4-15/h3-10,14H,11-13H2,1-2H3,(H2,21,22,23). The van der Waals surface area contributed by atoms with E-state index in [1.165, 1.54) is 17.7 Å². The van der Waals surface area contributed by atoms with E-state index in [1.54, 1.807) is 12.1 Å². The highest BCUT2D eigenvalue weighted by atomic mass is 19.1. The van der Waals surface area contributed by atoms with E-state index in [2.05, 4.69) is 24.5 Å². The molecule has 0 bridgehead atoms. The summed E-state index contributed by atoms with van der Waals surface area (Å²) >= 11 is 0. The van der Waals surface area contributed by atoms with Crippen molar-refractivity contribution in [3.05, 3.63) is 65.5 Å². The minimum atomic E-state index is -0.290. The SMILES string of the molecule is CC(C)c1ccc(OCCNC(=O)NCc2ccc(F)cc2)cc1. The summed E-state index contributed by atoms with van der Waals surface area (Å²) < 4.78 is 18.4. The van der Waals surface area contributed by atoms with Gasteiger partial charge in [0.1, 0.15) is 18.2 Å². The number of hydrogen-bond donors (Lipinski definition) is 2. The lowest BCUT2D eigenvalue weighted by atomic mass is 10.0. The second-order valence-electron chi connectivity index (χ2n) is 5.81. The van der Waals surface area contributed by atoms with E-state index < -0.39 is 0 Å². The smallest absolute Gasteiger partial charge is 0.315 e. The van der Waals surface area contributed by atoms with Crippen LogP contribution in [0.15, 0.2) is 48.5 Å². The zero-order chi connectivity index (χ0) is 17.4. The summed E-state index contributed by atoms with van der Waals surface area (Å²) in [6.45, 7) is 5.44. The average molecular weight is 330 g/mol. The molecule has 0 unspecified atom stereocenters. The minimum Gasteiger partial charge on any atom is -0.492 e. The van der Waals surface area contributed by atoms with Crippen LogP contribution in [0.25, 0.3) is 0 Å². The van der Waals surface area contributed by atoms with Crippen molar-refractivity contribution in [1.29, 1.82) is 0 Å². The Morgan fingerprint density at radius 1 is 1.04 bits per heavy atom. The molecule has 128 valence electrons. The quantitative estimate of drug-likeness (QED) is 0.758. The van der Waals surface area contributed by atoms with Crippen LogP contribution in [0.1, 0.15) is 30.9 Å². The first-order chi connectivity index (χ1) is 11.5. The Kier molecular flexibility index (Phi) is 6.61. The maximum Gasteiger partial charge on any atom is 0.315 e. The van der Waals surface area contributed by atoms with Gasteiger partial charge in [0, 0.05) is 6.54 Å². The van der Waals surface area contributed by atoms with Gasteiger partial charge in [0.05, 0.1) is 6.54 Å². The lowest BCUT2D eigenvalue weighted by molar-refractivity contribution is 0.236. The van der Waals surface area contributed by atoms with Crippen molar-refractivity contribution in [2.24, 2.45) is 0 Å². The molecule has 2 amide bonds. The highest BCUT2D eigenvalue weighted by Crippen LogP contribution is 2.18. The van der Waals surface area contributed by atoms with Gasteiger partial charge in [0.2, 0.25) is 0 Å². The van der Waals surface area contributed by atoms with Gasteiger partial charge in [0.25, 0.3) is 0 Å². The molecule has 0 aliphatic rings. The van der Waals surface area contributed by atoms with Gasteiger partial charge in [-0.25, -0.2) is 9.18 Å². The van der Waals surface area contributed by atoms with E-state index in [0.717, 1.165) is 11.3 Å². The molecule has 0 atom stereocenters. The fourth-order valence-electron chi connectivity index (χ4n) is 2.13. The molecular formula is C19H23FN2O2. The number of urea groups is 1. The Morgan fingerprint density at radius 3 is 2.33 bits per heavy atom. The lowest BCUT2D eigenvalue weighted by Gasteiger charge is -2.10. The second-order valence-corrected chi connectivity index (χ2v) is 5.81. The number of ether oxygens (including phenoxy) is 1. The number of halogens is 1. The summed E-state index contributed by atoms with van der Waals surface area (Å²) in [5, 5.41) is 5.42. The van der Waals surface area contributed by atoms with E-state index in [9.17, 15) is 9.18 Å². The number of carbonyl (C=O) groups is 1. The summed E-state index contributed by atoms with van der Waals surface area (Å²) in [5.41, 5.74) is 2.11. The largest absolute Gasteiger partial charge is 0.492 e. The van der Waals surface area contributed by atoms with Crippen molar-refractivity contribution < 1.29 is 13.9 Å². The Bertz CT molecular complexity index is 639. The molecule has 4 nitrogen and oxygen atoms in total. The lowest BCUT2D eigenvalue weighted by Crippen LogP contribution is -2.37. The van der Waals surface area contributed by atoms with Gasteiger partial charge < -0.3 is 15.4 Å². The molecule has 2 aromatic carbocycles. The Labute approximate surface area is 142 Å². The van der Waals surface area contributed by atoms with Crippen LogP contribution in [0.2, 0.25) is 0 Å². The van der Waals surface area contributed by atoms with Crippen LogP contribution in [0, 0.1) is 5.82 Å². The first-order valence-corrected chi connectivity index (χ1v) is 8.03. The third-order valence-electron chi connectivity index (χ3n) is 3.57. The first-order valence-electron chi connectivity index (χ1n) is 8.03. The van der Waals surface area contributed by atoms with Crippen LogP contribution in [0.5, 0.6) is 5.75 Å². The molecule has 2 rings (SSSR count). The van der Waals surface area contributed by atoms with E-state index in [1.807, 2.05) is 24.3 Å². The van der Waals surface area contributed by atoms with Crippen molar-refractivity contribution in [3.8, 4) is 5.75 Å². The second kappa shape index (κ2) is 8.91. The highest BCUT2D eigenvalue weighted by molar-refractivity contribution is 5.73. The van der Waals surface area contributed by atoms with E-state index in [0.29, 0.717) is 25.6 Å². The Balaban J connectivity index is 1.63. The molecule has 0 aliphatic heterocycles. The third kappa shape index (κ3) is 5.91. The van der Waals surface area contributed by atoms with Gasteiger partial charge in [-0.05, 0) is 41.3 Å². The van der Waals surface area contributed by atoms with Crippen LogP contribution >= 0.6 is 0 Å². The number of rotatable bonds is 7. The zero-order valence-electron chi connectivity index (χ0n) is 14.0. The van der Waals surface area contributed by atoms with Crippen molar-refractivity contribution in [1.82, 2.24) is 10.6 Å². The van der Waals surface area contributed by atoms with Gasteiger partial charge in [0.15, 0.2) is 0 Å². The third-order valence-corrected chi connectivity index (χ3v) is 3.57. The molecule has 0 saturated carbocycles. The maximum absolute atomic E-state index is 12.8. The van der Waals surface area contributed by atoms with E-state index >= 15 is 0 Å². The van der Waals surface area contributed by atoms with Gasteiger partial charge in [-0.15, -0.1) is 0 Å². The minimum absolute atomic E-state index is 0.280. The van der Waals surface area contributed by atoms with Gasteiger partial charge >= 0.3 is 6.03 Å². The number of amides is 2. The molecule has 0 fully saturated rings. The van der Waals surface area contributed by atoms with E-state index in [-0.39, 0.29) is 11.8 Å². The molecule has 5 heteroatoms. The summed E-state index contributed by atoms with van der Waals surface area (Å²) in [5.74, 6) is 0.986. The van der Waals surface area contributed by atoms with Crippen molar-refractivity contribution in [2.75, 3.05) is 13.2 Å². The van der Waals surface area contributed by atoms with Crippen molar-refractivity contribution in [3.63, 3.8) is 0 Å². The topological polar surface area (TPSA) is 50.4 Å². The van der Waals surface area contributed by atoms with Gasteiger partial charge in [-0.3, -0.25) is 0 Å². The van der Waals surface area contributed by atoms with Crippen LogP contribution < -0.4 is 15.4 Å². The number of nitrogens with one attached hydrogen (secondary N) is 2. The van der Waals surface area contributed by atoms with Crippen LogP contribution in [0.4, 0.5) is 9.18 Å². The van der Waals surface area contributed by atoms with E-state index in [4.69, 9.17) is 4.74 Å².